The normalized spacial score (nSPS) is 15.0. The minimum atomic E-state index is -2.80. The highest BCUT2D eigenvalue weighted by atomic mass is 19.3. The highest BCUT2D eigenvalue weighted by Gasteiger charge is 2.28. The zero-order valence-electron chi connectivity index (χ0n) is 8.39. The lowest BCUT2D eigenvalue weighted by atomic mass is 10.3. The number of likely N-dealkylation sites (N-methyl/N-ethyl adjacent to an activating group) is 1. The average molecular weight is 196 g/mol. The van der Waals surface area contributed by atoms with Gasteiger partial charge in [-0.2, -0.15) is 0 Å². The highest BCUT2D eigenvalue weighted by Crippen LogP contribution is 2.12. The number of hydrogen-bond donors (Lipinski definition) is 1. The molecule has 0 radical (unpaired) electrons. The van der Waals surface area contributed by atoms with Crippen LogP contribution < -0.4 is 5.73 Å². The molecule has 3 nitrogen and oxygen atoms in total. The number of nitrogens with two attached hydrogens (primary N) is 1. The molecular weight excluding hydrogens is 178 g/mol. The van der Waals surface area contributed by atoms with E-state index < -0.39 is 12.5 Å². The molecule has 0 aliphatic rings. The number of hydrogen-bond acceptors (Lipinski definition) is 3. The Labute approximate surface area is 77.8 Å². The Morgan fingerprint density at radius 2 is 2.08 bits per heavy atom. The molecule has 0 aromatic heterocycles. The molecule has 1 atom stereocenters. The Morgan fingerprint density at radius 3 is 2.46 bits per heavy atom. The number of ether oxygens (including phenoxy) is 1. The Morgan fingerprint density at radius 1 is 1.54 bits per heavy atom. The van der Waals surface area contributed by atoms with Gasteiger partial charge in [-0.3, -0.25) is 4.90 Å². The van der Waals surface area contributed by atoms with Gasteiger partial charge in [-0.15, -0.1) is 0 Å². The molecule has 0 rings (SSSR count). The summed E-state index contributed by atoms with van der Waals surface area (Å²) in [6.45, 7) is 1.37. The van der Waals surface area contributed by atoms with E-state index in [1.54, 1.807) is 14.2 Å². The highest BCUT2D eigenvalue weighted by molar-refractivity contribution is 4.72. The van der Waals surface area contributed by atoms with E-state index in [1.807, 2.05) is 6.92 Å². The molecule has 0 aromatic rings. The molecule has 1 unspecified atom stereocenters. The van der Waals surface area contributed by atoms with E-state index in [1.165, 1.54) is 4.90 Å². The van der Waals surface area contributed by atoms with E-state index in [0.717, 1.165) is 0 Å². The van der Waals surface area contributed by atoms with Gasteiger partial charge in [-0.05, 0) is 14.0 Å². The number of alkyl halides is 2. The Kier molecular flexibility index (Phi) is 5.36. The van der Waals surface area contributed by atoms with E-state index in [9.17, 15) is 8.78 Å². The van der Waals surface area contributed by atoms with Gasteiger partial charge < -0.3 is 10.5 Å². The molecule has 0 spiro atoms. The Bertz CT molecular complexity index is 144. The van der Waals surface area contributed by atoms with Crippen molar-refractivity contribution >= 4 is 0 Å². The summed E-state index contributed by atoms with van der Waals surface area (Å²) >= 11 is 0. The summed E-state index contributed by atoms with van der Waals surface area (Å²) in [7, 11) is 3.18. The molecule has 80 valence electrons. The molecule has 13 heavy (non-hydrogen) atoms. The van der Waals surface area contributed by atoms with Crippen LogP contribution >= 0.6 is 0 Å². The van der Waals surface area contributed by atoms with Gasteiger partial charge in [0.15, 0.2) is 0 Å². The van der Waals surface area contributed by atoms with Gasteiger partial charge in [0.2, 0.25) is 0 Å². The van der Waals surface area contributed by atoms with Gasteiger partial charge >= 0.3 is 0 Å². The first-order valence-corrected chi connectivity index (χ1v) is 4.20. The fourth-order valence-electron chi connectivity index (χ4n) is 1.04. The van der Waals surface area contributed by atoms with E-state index in [0.29, 0.717) is 6.54 Å². The van der Waals surface area contributed by atoms with E-state index >= 15 is 0 Å². The summed E-state index contributed by atoms with van der Waals surface area (Å²) in [5, 5.41) is 0. The van der Waals surface area contributed by atoms with Gasteiger partial charge in [-0.1, -0.05) is 0 Å². The third-order valence-corrected chi connectivity index (χ3v) is 1.77. The predicted octanol–water partition coefficient (Wildman–Crippen LogP) is 0.547. The average Bonchev–Trinajstić information content (AvgIpc) is 2.03. The fraction of sp³-hybridized carbons (Fsp3) is 1.00. The maximum Gasteiger partial charge on any atom is 0.272 e. The van der Waals surface area contributed by atoms with Gasteiger partial charge in [-0.25, -0.2) is 8.78 Å². The zero-order chi connectivity index (χ0) is 10.5. The molecule has 2 N–H and O–H groups in total. The van der Waals surface area contributed by atoms with E-state index in [4.69, 9.17) is 10.5 Å². The number of halogens is 2. The smallest absolute Gasteiger partial charge is 0.272 e. The summed E-state index contributed by atoms with van der Waals surface area (Å²) in [6, 6.07) is 0. The summed E-state index contributed by atoms with van der Waals surface area (Å²) in [5.74, 6) is -2.80. The van der Waals surface area contributed by atoms with Crippen LogP contribution in [0.5, 0.6) is 0 Å². The maximum atomic E-state index is 12.8. The monoisotopic (exact) mass is 196 g/mol. The Balaban J connectivity index is 3.79. The van der Waals surface area contributed by atoms with Crippen LogP contribution in [0.3, 0.4) is 0 Å². The van der Waals surface area contributed by atoms with Gasteiger partial charge in [0.05, 0.1) is 19.2 Å². The second-order valence-corrected chi connectivity index (χ2v) is 3.30. The van der Waals surface area contributed by atoms with Crippen molar-refractivity contribution in [2.75, 3.05) is 33.8 Å². The first kappa shape index (κ1) is 12.7. The van der Waals surface area contributed by atoms with Crippen molar-refractivity contribution in [2.24, 2.45) is 5.73 Å². The van der Waals surface area contributed by atoms with Crippen molar-refractivity contribution in [1.29, 1.82) is 0 Å². The predicted molar refractivity (Wildman–Crippen MR) is 48.0 cm³/mol. The van der Waals surface area contributed by atoms with Crippen molar-refractivity contribution in [3.63, 3.8) is 0 Å². The van der Waals surface area contributed by atoms with Crippen LogP contribution in [0.2, 0.25) is 0 Å². The third kappa shape index (κ3) is 5.90. The Hall–Kier alpha value is -0.260. The topological polar surface area (TPSA) is 38.5 Å². The van der Waals surface area contributed by atoms with Gasteiger partial charge in [0.1, 0.15) is 0 Å². The first-order valence-electron chi connectivity index (χ1n) is 4.20. The number of methoxy groups -OCH3 is 1. The molecule has 5 heteroatoms. The minimum Gasteiger partial charge on any atom is -0.380 e. The van der Waals surface area contributed by atoms with Crippen molar-refractivity contribution < 1.29 is 13.5 Å². The first-order chi connectivity index (χ1) is 5.91. The van der Waals surface area contributed by atoms with Crippen LogP contribution in [0.1, 0.15) is 6.92 Å². The molecule has 0 aliphatic carbocycles. The molecule has 0 saturated heterocycles. The van der Waals surface area contributed by atoms with Crippen LogP contribution in [0.25, 0.3) is 0 Å². The van der Waals surface area contributed by atoms with Crippen molar-refractivity contribution in [1.82, 2.24) is 4.90 Å². The lowest BCUT2D eigenvalue weighted by Crippen LogP contribution is -2.42. The second-order valence-electron chi connectivity index (χ2n) is 3.30. The van der Waals surface area contributed by atoms with Gasteiger partial charge in [0.25, 0.3) is 5.92 Å². The number of rotatable bonds is 6. The number of nitrogens with zero attached hydrogens (tertiary/aromatic N) is 1. The van der Waals surface area contributed by atoms with Crippen LogP contribution in [-0.4, -0.2) is 50.7 Å². The van der Waals surface area contributed by atoms with E-state index in [-0.39, 0.29) is 12.6 Å². The molecule has 0 heterocycles. The lowest BCUT2D eigenvalue weighted by molar-refractivity contribution is -0.0275. The second kappa shape index (κ2) is 5.47. The zero-order valence-corrected chi connectivity index (χ0v) is 8.39. The molecule has 0 amide bonds. The largest absolute Gasteiger partial charge is 0.380 e. The molecular formula is C8H18F2N2O. The van der Waals surface area contributed by atoms with Gasteiger partial charge in [0, 0.05) is 13.7 Å². The fourth-order valence-corrected chi connectivity index (χ4v) is 1.04. The lowest BCUT2D eigenvalue weighted by Gasteiger charge is -2.24. The summed E-state index contributed by atoms with van der Waals surface area (Å²) < 4.78 is 30.5. The van der Waals surface area contributed by atoms with Crippen molar-refractivity contribution in [3.05, 3.63) is 0 Å². The molecule has 0 aliphatic heterocycles. The van der Waals surface area contributed by atoms with Crippen molar-refractivity contribution in [2.45, 2.75) is 19.0 Å². The summed E-state index contributed by atoms with van der Waals surface area (Å²) in [6.07, 6.45) is -0.0430. The summed E-state index contributed by atoms with van der Waals surface area (Å²) in [5.41, 5.74) is 4.91. The molecule has 0 bridgehead atoms. The van der Waals surface area contributed by atoms with Crippen molar-refractivity contribution in [3.8, 4) is 0 Å². The SMILES string of the molecule is COC(C)CN(C)CC(F)(F)CN. The maximum absolute atomic E-state index is 12.8. The van der Waals surface area contributed by atoms with Crippen LogP contribution in [0, 0.1) is 0 Å². The van der Waals surface area contributed by atoms with E-state index in [2.05, 4.69) is 0 Å². The third-order valence-electron chi connectivity index (χ3n) is 1.77. The van der Waals surface area contributed by atoms with Crippen LogP contribution in [0.15, 0.2) is 0 Å². The molecule has 0 saturated carbocycles. The van der Waals surface area contributed by atoms with Crippen LogP contribution in [0.4, 0.5) is 8.78 Å². The molecule has 0 aromatic carbocycles. The van der Waals surface area contributed by atoms with Crippen LogP contribution in [-0.2, 0) is 4.74 Å². The molecule has 0 fully saturated rings. The standard InChI is InChI=1S/C8H18F2N2O/c1-7(13-3)4-12(2)6-8(9,10)5-11/h7H,4-6,11H2,1-3H3. The quantitative estimate of drug-likeness (QED) is 0.674. The summed E-state index contributed by atoms with van der Waals surface area (Å²) in [4.78, 5) is 1.51. The minimum absolute atomic E-state index is 0.0430.